The van der Waals surface area contributed by atoms with E-state index in [1.165, 1.54) is 0 Å². The van der Waals surface area contributed by atoms with E-state index >= 15 is 0 Å². The van der Waals surface area contributed by atoms with E-state index in [0.717, 1.165) is 25.2 Å². The van der Waals surface area contributed by atoms with Gasteiger partial charge in [0.05, 0.1) is 16.2 Å². The molecule has 1 aliphatic heterocycles. The molecule has 0 atom stereocenters. The van der Waals surface area contributed by atoms with Crippen molar-refractivity contribution in [3.63, 3.8) is 0 Å². The summed E-state index contributed by atoms with van der Waals surface area (Å²) >= 11 is 12.0. The molecule has 0 spiro atoms. The second-order valence-corrected chi connectivity index (χ2v) is 7.19. The highest BCUT2D eigenvalue weighted by Gasteiger charge is 2.22. The number of nitrogens with one attached hydrogen (secondary N) is 1. The molecule has 0 bridgehead atoms. The zero-order chi connectivity index (χ0) is 18.8. The van der Waals surface area contributed by atoms with Gasteiger partial charge in [-0.3, -0.25) is 10.2 Å². The van der Waals surface area contributed by atoms with Crippen LogP contribution in [-0.4, -0.2) is 56.6 Å². The molecule has 1 aliphatic rings. The Labute approximate surface area is 166 Å². The van der Waals surface area contributed by atoms with E-state index in [1.807, 2.05) is 24.3 Å². The molecule has 1 saturated heterocycles. The number of hydrogen-bond acceptors (Lipinski definition) is 4. The molecule has 2 amide bonds. The van der Waals surface area contributed by atoms with Gasteiger partial charge in [-0.25, -0.2) is 9.78 Å². The molecule has 27 heavy (non-hydrogen) atoms. The number of imidazole rings is 1. The quantitative estimate of drug-likeness (QED) is 0.726. The molecule has 2 aromatic heterocycles. The van der Waals surface area contributed by atoms with E-state index in [9.17, 15) is 4.79 Å². The van der Waals surface area contributed by atoms with Crippen LogP contribution in [-0.2, 0) is 6.54 Å². The predicted molar refractivity (Wildman–Crippen MR) is 105 cm³/mol. The van der Waals surface area contributed by atoms with Crippen LogP contribution in [0, 0.1) is 0 Å². The predicted octanol–water partition coefficient (Wildman–Crippen LogP) is 3.39. The summed E-state index contributed by atoms with van der Waals surface area (Å²) < 4.78 is 1.61. The molecule has 1 N–H and O–H groups in total. The smallest absolute Gasteiger partial charge is 0.322 e. The van der Waals surface area contributed by atoms with Crippen LogP contribution in [0.4, 0.5) is 10.6 Å². The van der Waals surface area contributed by atoms with Gasteiger partial charge in [-0.1, -0.05) is 29.3 Å². The molecule has 3 aromatic rings. The molecule has 0 radical (unpaired) electrons. The van der Waals surface area contributed by atoms with E-state index in [1.54, 1.807) is 27.9 Å². The van der Waals surface area contributed by atoms with E-state index in [0.29, 0.717) is 34.6 Å². The van der Waals surface area contributed by atoms with Crippen LogP contribution in [0.1, 0.15) is 5.56 Å². The summed E-state index contributed by atoms with van der Waals surface area (Å²) in [5, 5.41) is 8.21. The lowest BCUT2D eigenvalue weighted by Gasteiger charge is -2.34. The van der Waals surface area contributed by atoms with Gasteiger partial charge in [0, 0.05) is 38.9 Å². The maximum absolute atomic E-state index is 12.6. The Morgan fingerprint density at radius 3 is 2.70 bits per heavy atom. The van der Waals surface area contributed by atoms with Crippen LogP contribution in [0.5, 0.6) is 0 Å². The number of piperazine rings is 1. The van der Waals surface area contributed by atoms with Crippen LogP contribution in [0.2, 0.25) is 10.0 Å². The Morgan fingerprint density at radius 2 is 1.93 bits per heavy atom. The van der Waals surface area contributed by atoms with Crippen molar-refractivity contribution in [1.29, 1.82) is 0 Å². The molecular weight excluding hydrogens is 387 g/mol. The molecule has 1 fully saturated rings. The zero-order valence-corrected chi connectivity index (χ0v) is 16.0. The first-order chi connectivity index (χ1) is 13.1. The van der Waals surface area contributed by atoms with Gasteiger partial charge in [-0.15, -0.1) is 0 Å². The number of anilines is 1. The second-order valence-electron chi connectivity index (χ2n) is 6.38. The van der Waals surface area contributed by atoms with Crippen molar-refractivity contribution >= 4 is 40.7 Å². The average Bonchev–Trinajstić information content (AvgIpc) is 3.08. The van der Waals surface area contributed by atoms with Crippen LogP contribution in [0.3, 0.4) is 0 Å². The van der Waals surface area contributed by atoms with Crippen LogP contribution < -0.4 is 5.32 Å². The summed E-state index contributed by atoms with van der Waals surface area (Å²) in [7, 11) is 0. The third-order valence-electron chi connectivity index (χ3n) is 4.56. The van der Waals surface area contributed by atoms with Crippen molar-refractivity contribution in [3.05, 3.63) is 58.3 Å². The second kappa shape index (κ2) is 7.72. The first kappa shape index (κ1) is 18.0. The van der Waals surface area contributed by atoms with Gasteiger partial charge in [0.25, 0.3) is 0 Å². The number of aromatic nitrogens is 3. The van der Waals surface area contributed by atoms with Crippen molar-refractivity contribution in [2.45, 2.75) is 6.54 Å². The maximum atomic E-state index is 12.6. The van der Waals surface area contributed by atoms with Gasteiger partial charge in [0.2, 0.25) is 0 Å². The van der Waals surface area contributed by atoms with Gasteiger partial charge >= 0.3 is 6.03 Å². The van der Waals surface area contributed by atoms with E-state index < -0.39 is 0 Å². The first-order valence-electron chi connectivity index (χ1n) is 8.61. The number of carbonyl (C=O) groups excluding carboxylic acids is 1. The van der Waals surface area contributed by atoms with Crippen molar-refractivity contribution in [2.75, 3.05) is 31.5 Å². The monoisotopic (exact) mass is 404 g/mol. The van der Waals surface area contributed by atoms with Crippen molar-refractivity contribution in [1.82, 2.24) is 24.4 Å². The Hall–Kier alpha value is -2.35. The minimum atomic E-state index is -0.142. The minimum Gasteiger partial charge on any atom is -0.322 e. The van der Waals surface area contributed by atoms with E-state index in [-0.39, 0.29) is 6.03 Å². The molecule has 7 nitrogen and oxygen atoms in total. The number of rotatable bonds is 3. The first-order valence-corrected chi connectivity index (χ1v) is 9.37. The summed E-state index contributed by atoms with van der Waals surface area (Å²) in [5.41, 5.74) is 1.80. The number of halogens is 2. The number of amides is 2. The number of fused-ring (bicyclic) bond motifs is 1. The van der Waals surface area contributed by atoms with Gasteiger partial charge in [0.1, 0.15) is 0 Å². The minimum absolute atomic E-state index is 0.142. The molecule has 0 saturated carbocycles. The molecule has 3 heterocycles. The number of hydrogen-bond donors (Lipinski definition) is 1. The number of nitrogens with zero attached hydrogens (tertiary/aromatic N) is 5. The Bertz CT molecular complexity index is 967. The van der Waals surface area contributed by atoms with Gasteiger partial charge in [-0.2, -0.15) is 9.61 Å². The van der Waals surface area contributed by atoms with Crippen molar-refractivity contribution < 1.29 is 4.79 Å². The third-order valence-corrected chi connectivity index (χ3v) is 5.30. The van der Waals surface area contributed by atoms with Crippen molar-refractivity contribution in [3.8, 4) is 0 Å². The Balaban J connectivity index is 1.33. The molecule has 0 unspecified atom stereocenters. The molecule has 9 heteroatoms. The summed E-state index contributed by atoms with van der Waals surface area (Å²) in [5.74, 6) is 0.564. The Kier molecular flexibility index (Phi) is 5.15. The lowest BCUT2D eigenvalue weighted by Crippen LogP contribution is -2.49. The lowest BCUT2D eigenvalue weighted by molar-refractivity contribution is 0.143. The van der Waals surface area contributed by atoms with Gasteiger partial charge < -0.3 is 4.90 Å². The fraction of sp³-hybridized carbons (Fsp3) is 0.278. The number of benzene rings is 1. The van der Waals surface area contributed by atoms with E-state index in [4.69, 9.17) is 23.2 Å². The lowest BCUT2D eigenvalue weighted by atomic mass is 10.2. The number of urea groups is 1. The largest absolute Gasteiger partial charge is 0.323 e. The van der Waals surface area contributed by atoms with Crippen LogP contribution in [0.15, 0.2) is 42.7 Å². The Morgan fingerprint density at radius 1 is 1.11 bits per heavy atom. The number of carbonyl (C=O) groups is 1. The molecule has 1 aromatic carbocycles. The summed E-state index contributed by atoms with van der Waals surface area (Å²) in [6.07, 6.45) is 3.27. The highest BCUT2D eigenvalue weighted by Crippen LogP contribution is 2.23. The summed E-state index contributed by atoms with van der Waals surface area (Å²) in [4.78, 5) is 20.9. The molecule has 4 rings (SSSR count). The summed E-state index contributed by atoms with van der Waals surface area (Å²) in [6.45, 7) is 3.66. The summed E-state index contributed by atoms with van der Waals surface area (Å²) in [6, 6.07) is 9.18. The van der Waals surface area contributed by atoms with Gasteiger partial charge in [0.15, 0.2) is 11.5 Å². The highest BCUT2D eigenvalue weighted by molar-refractivity contribution is 6.42. The fourth-order valence-electron chi connectivity index (χ4n) is 3.11. The fourth-order valence-corrected chi connectivity index (χ4v) is 3.43. The topological polar surface area (TPSA) is 65.8 Å². The standard InChI is InChI=1S/C18H18Cl2N6O/c19-14-4-3-13(10-15(14)20)12-24-6-8-25(9-7-24)18(27)23-17-11-21-16-2-1-5-22-26(16)17/h1-5,10-11H,6-9,12H2,(H,23,27). The highest BCUT2D eigenvalue weighted by atomic mass is 35.5. The molecule has 0 aliphatic carbocycles. The molecule has 140 valence electrons. The normalized spacial score (nSPS) is 15.3. The molecular formula is C18H18Cl2N6O. The van der Waals surface area contributed by atoms with E-state index in [2.05, 4.69) is 20.3 Å². The third kappa shape index (κ3) is 4.00. The van der Waals surface area contributed by atoms with Crippen LogP contribution >= 0.6 is 23.2 Å². The van der Waals surface area contributed by atoms with Crippen molar-refractivity contribution in [2.24, 2.45) is 0 Å². The zero-order valence-electron chi connectivity index (χ0n) is 14.5. The SMILES string of the molecule is O=C(Nc1cnc2cccnn12)N1CCN(Cc2ccc(Cl)c(Cl)c2)CC1. The maximum Gasteiger partial charge on any atom is 0.323 e. The average molecular weight is 405 g/mol. The van der Waals surface area contributed by atoms with Gasteiger partial charge in [-0.05, 0) is 29.8 Å². The van der Waals surface area contributed by atoms with Crippen LogP contribution in [0.25, 0.3) is 5.65 Å².